The summed E-state index contributed by atoms with van der Waals surface area (Å²) in [5, 5.41) is 2.87. The molecule has 0 saturated carbocycles. The van der Waals surface area contributed by atoms with E-state index >= 15 is 0 Å². The summed E-state index contributed by atoms with van der Waals surface area (Å²) in [5.74, 6) is 2.60. The van der Waals surface area contributed by atoms with E-state index in [2.05, 4.69) is 5.32 Å². The van der Waals surface area contributed by atoms with E-state index in [9.17, 15) is 4.79 Å². The van der Waals surface area contributed by atoms with Crippen LogP contribution in [0.3, 0.4) is 0 Å². The lowest BCUT2D eigenvalue weighted by Gasteiger charge is -2.01. The van der Waals surface area contributed by atoms with Crippen molar-refractivity contribution in [3.05, 3.63) is 65.6 Å². The lowest BCUT2D eigenvalue weighted by molar-refractivity contribution is -0.116. The minimum Gasteiger partial charge on any atom is -0.468 e. The van der Waals surface area contributed by atoms with Gasteiger partial charge in [0.2, 0.25) is 5.91 Å². The molecular formula is C17H19NO2S. The molecule has 3 nitrogen and oxygen atoms in total. The van der Waals surface area contributed by atoms with Gasteiger partial charge in [0, 0.05) is 18.4 Å². The van der Waals surface area contributed by atoms with Crippen molar-refractivity contribution >= 4 is 23.7 Å². The van der Waals surface area contributed by atoms with E-state index in [-0.39, 0.29) is 5.91 Å². The van der Waals surface area contributed by atoms with Gasteiger partial charge in [-0.05, 0) is 30.7 Å². The number of carbonyl (C=O) groups is 1. The van der Waals surface area contributed by atoms with Crippen LogP contribution in [0.4, 0.5) is 0 Å². The number of nitrogens with one attached hydrogen (secondary N) is 1. The molecule has 0 radical (unpaired) electrons. The largest absolute Gasteiger partial charge is 0.468 e. The molecule has 1 N–H and O–H groups in total. The van der Waals surface area contributed by atoms with Gasteiger partial charge in [0.25, 0.3) is 0 Å². The summed E-state index contributed by atoms with van der Waals surface area (Å²) in [6, 6.07) is 11.9. The topological polar surface area (TPSA) is 42.2 Å². The Kier molecular flexibility index (Phi) is 6.16. The van der Waals surface area contributed by atoms with Crippen LogP contribution in [0.25, 0.3) is 6.08 Å². The predicted octanol–water partition coefficient (Wildman–Crippen LogP) is 3.65. The Balaban J connectivity index is 1.62. The highest BCUT2D eigenvalue weighted by Gasteiger charge is 1.98. The van der Waals surface area contributed by atoms with Gasteiger partial charge in [-0.15, -0.1) is 0 Å². The smallest absolute Gasteiger partial charge is 0.244 e. The van der Waals surface area contributed by atoms with E-state index in [0.29, 0.717) is 6.54 Å². The highest BCUT2D eigenvalue weighted by atomic mass is 32.2. The molecule has 1 heterocycles. The van der Waals surface area contributed by atoms with Gasteiger partial charge >= 0.3 is 0 Å². The Morgan fingerprint density at radius 2 is 2.10 bits per heavy atom. The first kappa shape index (κ1) is 15.4. The van der Waals surface area contributed by atoms with Crippen molar-refractivity contribution in [1.82, 2.24) is 5.32 Å². The first-order valence-corrected chi connectivity index (χ1v) is 8.02. The second-order valence-corrected chi connectivity index (χ2v) is 5.77. The van der Waals surface area contributed by atoms with Crippen LogP contribution < -0.4 is 5.32 Å². The number of aryl methyl sites for hydroxylation is 1. The number of furan rings is 1. The summed E-state index contributed by atoms with van der Waals surface area (Å²) < 4.78 is 5.24. The third-order valence-electron chi connectivity index (χ3n) is 2.87. The zero-order chi connectivity index (χ0) is 14.9. The second kappa shape index (κ2) is 8.37. The van der Waals surface area contributed by atoms with E-state index in [4.69, 9.17) is 4.42 Å². The summed E-state index contributed by atoms with van der Waals surface area (Å²) in [7, 11) is 0. The van der Waals surface area contributed by atoms with Crippen LogP contribution in [0.1, 0.15) is 16.9 Å². The van der Waals surface area contributed by atoms with Gasteiger partial charge in [-0.1, -0.05) is 29.8 Å². The molecule has 4 heteroatoms. The van der Waals surface area contributed by atoms with Crippen LogP contribution in [-0.4, -0.2) is 18.2 Å². The number of carbonyl (C=O) groups excluding carboxylic acids is 1. The van der Waals surface area contributed by atoms with Crippen molar-refractivity contribution in [3.63, 3.8) is 0 Å². The van der Waals surface area contributed by atoms with Gasteiger partial charge in [-0.2, -0.15) is 11.8 Å². The lowest BCUT2D eigenvalue weighted by Crippen LogP contribution is -2.23. The molecule has 0 atom stereocenters. The van der Waals surface area contributed by atoms with Crippen molar-refractivity contribution in [2.75, 3.05) is 12.3 Å². The minimum absolute atomic E-state index is 0.0610. The Morgan fingerprint density at radius 3 is 2.81 bits per heavy atom. The highest BCUT2D eigenvalue weighted by molar-refractivity contribution is 7.98. The average molecular weight is 301 g/mol. The fourth-order valence-electron chi connectivity index (χ4n) is 1.72. The molecular weight excluding hydrogens is 282 g/mol. The standard InChI is InChI=1S/C17H19NO2S/c1-14-4-6-15(7-5-14)8-9-17(19)18-10-12-21-13-16-3-2-11-20-16/h2-9,11H,10,12-13H2,1H3,(H,18,19). The van der Waals surface area contributed by atoms with E-state index < -0.39 is 0 Å². The molecule has 21 heavy (non-hydrogen) atoms. The predicted molar refractivity (Wildman–Crippen MR) is 88.1 cm³/mol. The van der Waals surface area contributed by atoms with Crippen LogP contribution in [0.15, 0.2) is 53.2 Å². The molecule has 0 fully saturated rings. The van der Waals surface area contributed by atoms with Crippen molar-refractivity contribution in [2.45, 2.75) is 12.7 Å². The number of hydrogen-bond donors (Lipinski definition) is 1. The Hall–Kier alpha value is -1.94. The summed E-state index contributed by atoms with van der Waals surface area (Å²) in [6.07, 6.45) is 5.07. The molecule has 0 unspecified atom stereocenters. The first-order chi connectivity index (χ1) is 10.2. The maximum atomic E-state index is 11.6. The van der Waals surface area contributed by atoms with Gasteiger partial charge in [-0.3, -0.25) is 4.79 Å². The van der Waals surface area contributed by atoms with Crippen LogP contribution in [0.2, 0.25) is 0 Å². The van der Waals surface area contributed by atoms with E-state index in [1.54, 1.807) is 24.1 Å². The highest BCUT2D eigenvalue weighted by Crippen LogP contribution is 2.11. The number of hydrogen-bond acceptors (Lipinski definition) is 3. The van der Waals surface area contributed by atoms with Gasteiger partial charge in [0.15, 0.2) is 0 Å². The van der Waals surface area contributed by atoms with Crippen molar-refractivity contribution in [1.29, 1.82) is 0 Å². The monoisotopic (exact) mass is 301 g/mol. The Morgan fingerprint density at radius 1 is 1.29 bits per heavy atom. The Bertz CT molecular complexity index is 573. The molecule has 110 valence electrons. The summed E-state index contributed by atoms with van der Waals surface area (Å²) >= 11 is 1.74. The third-order valence-corrected chi connectivity index (χ3v) is 3.86. The molecule has 2 rings (SSSR count). The molecule has 1 amide bonds. The maximum Gasteiger partial charge on any atom is 0.244 e. The molecule has 0 saturated heterocycles. The molecule has 0 aliphatic rings. The van der Waals surface area contributed by atoms with E-state index in [1.165, 1.54) is 5.56 Å². The number of benzene rings is 1. The van der Waals surface area contributed by atoms with Crippen LogP contribution in [0.5, 0.6) is 0 Å². The molecule has 2 aromatic rings. The summed E-state index contributed by atoms with van der Waals surface area (Å²) in [5.41, 5.74) is 2.24. The zero-order valence-electron chi connectivity index (χ0n) is 12.0. The first-order valence-electron chi connectivity index (χ1n) is 6.87. The summed E-state index contributed by atoms with van der Waals surface area (Å²) in [6.45, 7) is 2.70. The molecule has 1 aromatic carbocycles. The lowest BCUT2D eigenvalue weighted by atomic mass is 10.1. The fraction of sp³-hybridized carbons (Fsp3) is 0.235. The molecule has 0 spiro atoms. The molecule has 1 aromatic heterocycles. The number of rotatable bonds is 7. The molecule has 0 aliphatic heterocycles. The number of thioether (sulfide) groups is 1. The van der Waals surface area contributed by atoms with Crippen molar-refractivity contribution < 1.29 is 9.21 Å². The normalized spacial score (nSPS) is 10.9. The third kappa shape index (κ3) is 5.92. The van der Waals surface area contributed by atoms with Crippen LogP contribution in [0, 0.1) is 6.92 Å². The van der Waals surface area contributed by atoms with Crippen LogP contribution >= 0.6 is 11.8 Å². The van der Waals surface area contributed by atoms with Gasteiger partial charge in [0.1, 0.15) is 5.76 Å². The van der Waals surface area contributed by atoms with Gasteiger partial charge in [0.05, 0.1) is 12.0 Å². The Labute approximate surface area is 129 Å². The fourth-order valence-corrected chi connectivity index (χ4v) is 2.48. The number of amides is 1. The van der Waals surface area contributed by atoms with E-state index in [1.807, 2.05) is 49.4 Å². The molecule has 0 bridgehead atoms. The van der Waals surface area contributed by atoms with Crippen LogP contribution in [-0.2, 0) is 10.5 Å². The molecule has 0 aliphatic carbocycles. The quantitative estimate of drug-likeness (QED) is 0.627. The maximum absolute atomic E-state index is 11.6. The SMILES string of the molecule is Cc1ccc(C=CC(=O)NCCSCc2ccco2)cc1. The second-order valence-electron chi connectivity index (χ2n) is 4.67. The minimum atomic E-state index is -0.0610. The zero-order valence-corrected chi connectivity index (χ0v) is 12.9. The van der Waals surface area contributed by atoms with Crippen molar-refractivity contribution in [3.8, 4) is 0 Å². The van der Waals surface area contributed by atoms with Crippen molar-refractivity contribution in [2.24, 2.45) is 0 Å². The van der Waals surface area contributed by atoms with Gasteiger partial charge in [-0.25, -0.2) is 0 Å². The summed E-state index contributed by atoms with van der Waals surface area (Å²) in [4.78, 5) is 11.6. The van der Waals surface area contributed by atoms with Gasteiger partial charge < -0.3 is 9.73 Å². The van der Waals surface area contributed by atoms with E-state index in [0.717, 1.165) is 22.8 Å². The average Bonchev–Trinajstić information content (AvgIpc) is 2.99.